The van der Waals surface area contributed by atoms with Crippen molar-refractivity contribution in [3.05, 3.63) is 33.8 Å². The highest BCUT2D eigenvalue weighted by atomic mass is 79.9. The van der Waals surface area contributed by atoms with Crippen molar-refractivity contribution in [1.82, 2.24) is 4.90 Å². The van der Waals surface area contributed by atoms with Gasteiger partial charge in [-0.25, -0.2) is 9.59 Å². The zero-order chi connectivity index (χ0) is 15.5. The molecule has 1 amide bonds. The molecule has 0 bridgehead atoms. The molecular formula is C14H18BrNO4. The molecular weight excluding hydrogens is 326 g/mol. The number of halogens is 1. The molecule has 0 spiro atoms. The Kier molecular flexibility index (Phi) is 5.16. The molecule has 110 valence electrons. The first-order chi connectivity index (χ1) is 9.10. The van der Waals surface area contributed by atoms with E-state index in [1.165, 1.54) is 17.0 Å². The smallest absolute Gasteiger partial charge is 0.410 e. The summed E-state index contributed by atoms with van der Waals surface area (Å²) < 4.78 is 5.90. The van der Waals surface area contributed by atoms with Gasteiger partial charge in [0.1, 0.15) is 5.60 Å². The van der Waals surface area contributed by atoms with E-state index >= 15 is 0 Å². The first-order valence-electron chi connectivity index (χ1n) is 6.06. The second-order valence-corrected chi connectivity index (χ2v) is 6.30. The number of nitrogens with zero attached hydrogens (tertiary/aromatic N) is 1. The number of ether oxygens (including phenoxy) is 1. The van der Waals surface area contributed by atoms with Crippen LogP contribution in [0.15, 0.2) is 22.7 Å². The number of carboxylic acids is 1. The monoisotopic (exact) mass is 343 g/mol. The Bertz CT molecular complexity index is 522. The van der Waals surface area contributed by atoms with Gasteiger partial charge in [-0.1, -0.05) is 22.0 Å². The van der Waals surface area contributed by atoms with E-state index in [-0.39, 0.29) is 5.56 Å². The van der Waals surface area contributed by atoms with E-state index in [0.29, 0.717) is 11.0 Å². The van der Waals surface area contributed by atoms with Crippen LogP contribution in [0.4, 0.5) is 4.79 Å². The van der Waals surface area contributed by atoms with Gasteiger partial charge in [0, 0.05) is 18.1 Å². The molecule has 5 nitrogen and oxygen atoms in total. The van der Waals surface area contributed by atoms with Crippen LogP contribution in [0.2, 0.25) is 0 Å². The summed E-state index contributed by atoms with van der Waals surface area (Å²) in [5.74, 6) is -0.988. The lowest BCUT2D eigenvalue weighted by Gasteiger charge is -2.25. The van der Waals surface area contributed by atoms with E-state index in [9.17, 15) is 9.59 Å². The van der Waals surface area contributed by atoms with Crippen LogP contribution in [-0.2, 0) is 11.3 Å². The average molecular weight is 344 g/mol. The Labute approximate surface area is 126 Å². The quantitative estimate of drug-likeness (QED) is 0.911. The molecule has 1 aromatic rings. The molecule has 1 N–H and O–H groups in total. The van der Waals surface area contributed by atoms with Crippen LogP contribution < -0.4 is 0 Å². The molecule has 6 heteroatoms. The minimum absolute atomic E-state index is 0.195. The van der Waals surface area contributed by atoms with Gasteiger partial charge in [0.15, 0.2) is 0 Å². The minimum Gasteiger partial charge on any atom is -0.478 e. The predicted molar refractivity (Wildman–Crippen MR) is 78.8 cm³/mol. The number of benzene rings is 1. The summed E-state index contributed by atoms with van der Waals surface area (Å²) in [6, 6.07) is 4.69. The van der Waals surface area contributed by atoms with E-state index in [1.807, 2.05) is 0 Å². The summed E-state index contributed by atoms with van der Waals surface area (Å²) in [5, 5.41) is 8.89. The van der Waals surface area contributed by atoms with E-state index in [4.69, 9.17) is 9.84 Å². The lowest BCUT2D eigenvalue weighted by atomic mass is 10.1. The van der Waals surface area contributed by atoms with Crippen molar-refractivity contribution in [3.8, 4) is 0 Å². The summed E-state index contributed by atoms with van der Waals surface area (Å²) in [6.45, 7) is 5.73. The molecule has 0 aliphatic heterocycles. The predicted octanol–water partition coefficient (Wildman–Crippen LogP) is 3.51. The summed E-state index contributed by atoms with van der Waals surface area (Å²) in [4.78, 5) is 24.1. The lowest BCUT2D eigenvalue weighted by Crippen LogP contribution is -2.33. The molecule has 0 atom stereocenters. The molecule has 0 saturated carbocycles. The van der Waals surface area contributed by atoms with Crippen molar-refractivity contribution in [2.45, 2.75) is 32.9 Å². The number of hydrogen-bond acceptors (Lipinski definition) is 3. The molecule has 20 heavy (non-hydrogen) atoms. The highest BCUT2D eigenvalue weighted by molar-refractivity contribution is 9.10. The van der Waals surface area contributed by atoms with E-state index < -0.39 is 17.7 Å². The van der Waals surface area contributed by atoms with Crippen LogP contribution in [-0.4, -0.2) is 34.7 Å². The molecule has 1 aromatic carbocycles. The number of carbonyl (C=O) groups is 2. The van der Waals surface area contributed by atoms with Crippen LogP contribution in [0.3, 0.4) is 0 Å². The number of hydrogen-bond donors (Lipinski definition) is 1. The van der Waals surface area contributed by atoms with Gasteiger partial charge in [-0.3, -0.25) is 0 Å². The average Bonchev–Trinajstić information content (AvgIpc) is 2.29. The van der Waals surface area contributed by atoms with Crippen LogP contribution in [0, 0.1) is 0 Å². The second-order valence-electron chi connectivity index (χ2n) is 5.45. The largest absolute Gasteiger partial charge is 0.478 e. The Morgan fingerprint density at radius 1 is 1.35 bits per heavy atom. The Balaban J connectivity index is 2.78. The normalized spacial score (nSPS) is 11.1. The maximum Gasteiger partial charge on any atom is 0.410 e. The summed E-state index contributed by atoms with van der Waals surface area (Å²) >= 11 is 3.31. The van der Waals surface area contributed by atoms with Gasteiger partial charge < -0.3 is 14.7 Å². The van der Waals surface area contributed by atoms with Crippen LogP contribution >= 0.6 is 15.9 Å². The topological polar surface area (TPSA) is 66.8 Å². The van der Waals surface area contributed by atoms with Gasteiger partial charge in [0.25, 0.3) is 0 Å². The SMILES string of the molecule is CN(Cc1ccc(C(=O)O)cc1Br)C(=O)OC(C)(C)C. The molecule has 0 aliphatic rings. The van der Waals surface area contributed by atoms with Crippen molar-refractivity contribution >= 4 is 28.0 Å². The molecule has 0 unspecified atom stereocenters. The highest BCUT2D eigenvalue weighted by Gasteiger charge is 2.20. The maximum atomic E-state index is 11.8. The van der Waals surface area contributed by atoms with Gasteiger partial charge in [-0.05, 0) is 38.5 Å². The highest BCUT2D eigenvalue weighted by Crippen LogP contribution is 2.21. The third-order valence-electron chi connectivity index (χ3n) is 2.41. The van der Waals surface area contributed by atoms with Gasteiger partial charge in [0.05, 0.1) is 5.56 Å². The van der Waals surface area contributed by atoms with Crippen LogP contribution in [0.1, 0.15) is 36.7 Å². The third-order valence-corrected chi connectivity index (χ3v) is 3.15. The maximum absolute atomic E-state index is 11.8. The summed E-state index contributed by atoms with van der Waals surface area (Å²) in [5.41, 5.74) is 0.458. The standard InChI is InChI=1S/C14H18BrNO4/c1-14(2,3)20-13(19)16(4)8-10-6-5-9(12(17)18)7-11(10)15/h5-7H,8H2,1-4H3,(H,17,18). The van der Waals surface area contributed by atoms with Gasteiger partial charge in [-0.2, -0.15) is 0 Å². The number of aromatic carboxylic acids is 1. The molecule has 0 aliphatic carbocycles. The number of carbonyl (C=O) groups excluding carboxylic acids is 1. The first-order valence-corrected chi connectivity index (χ1v) is 6.85. The number of carboxylic acid groups (broad SMARTS) is 1. The second kappa shape index (κ2) is 6.26. The zero-order valence-electron chi connectivity index (χ0n) is 11.9. The van der Waals surface area contributed by atoms with Crippen molar-refractivity contribution < 1.29 is 19.4 Å². The van der Waals surface area contributed by atoms with Gasteiger partial charge in [0.2, 0.25) is 0 Å². The Hall–Kier alpha value is -1.56. The lowest BCUT2D eigenvalue weighted by molar-refractivity contribution is 0.0284. The van der Waals surface area contributed by atoms with Crippen molar-refractivity contribution in [2.24, 2.45) is 0 Å². The number of amides is 1. The molecule has 0 radical (unpaired) electrons. The summed E-state index contributed by atoms with van der Waals surface area (Å²) in [6.07, 6.45) is -0.424. The fourth-order valence-corrected chi connectivity index (χ4v) is 1.97. The molecule has 0 fully saturated rings. The van der Waals surface area contributed by atoms with Crippen molar-refractivity contribution in [1.29, 1.82) is 0 Å². The Morgan fingerprint density at radius 3 is 2.40 bits per heavy atom. The van der Waals surface area contributed by atoms with Crippen molar-refractivity contribution in [3.63, 3.8) is 0 Å². The molecule has 0 saturated heterocycles. The summed E-state index contributed by atoms with van der Waals surface area (Å²) in [7, 11) is 1.63. The van der Waals surface area contributed by atoms with E-state index in [2.05, 4.69) is 15.9 Å². The fraction of sp³-hybridized carbons (Fsp3) is 0.429. The molecule has 0 aromatic heterocycles. The van der Waals surface area contributed by atoms with Crippen LogP contribution in [0.5, 0.6) is 0 Å². The Morgan fingerprint density at radius 2 is 1.95 bits per heavy atom. The minimum atomic E-state index is -0.988. The van der Waals surface area contributed by atoms with Crippen molar-refractivity contribution in [2.75, 3.05) is 7.05 Å². The first kappa shape index (κ1) is 16.5. The fourth-order valence-electron chi connectivity index (χ4n) is 1.47. The van der Waals surface area contributed by atoms with E-state index in [0.717, 1.165) is 5.56 Å². The molecule has 1 rings (SSSR count). The van der Waals surface area contributed by atoms with Gasteiger partial charge in [-0.15, -0.1) is 0 Å². The van der Waals surface area contributed by atoms with Crippen LogP contribution in [0.25, 0.3) is 0 Å². The van der Waals surface area contributed by atoms with Gasteiger partial charge >= 0.3 is 12.1 Å². The molecule has 0 heterocycles. The zero-order valence-corrected chi connectivity index (χ0v) is 13.5. The number of rotatable bonds is 3. The third kappa shape index (κ3) is 4.85. The van der Waals surface area contributed by atoms with E-state index in [1.54, 1.807) is 33.9 Å².